The lowest BCUT2D eigenvalue weighted by Gasteiger charge is -2.31. The van der Waals surface area contributed by atoms with Gasteiger partial charge in [-0.05, 0) is 18.8 Å². The molecule has 0 saturated carbocycles. The Morgan fingerprint density at radius 3 is 2.31 bits per heavy atom. The number of nitrogens with zero attached hydrogens (tertiary/aromatic N) is 3. The highest BCUT2D eigenvalue weighted by Gasteiger charge is 2.20. The Morgan fingerprint density at radius 2 is 1.94 bits per heavy atom. The average molecular weight is 242 g/mol. The first kappa shape index (κ1) is 13.2. The van der Waals surface area contributed by atoms with Crippen molar-refractivity contribution in [3.63, 3.8) is 0 Å². The van der Waals surface area contributed by atoms with Gasteiger partial charge in [0.05, 0.1) is 0 Å². The Labute approximate surface area is 102 Å². The van der Waals surface area contributed by atoms with E-state index >= 15 is 0 Å². The van der Waals surface area contributed by atoms with Crippen LogP contribution in [0.1, 0.15) is 40.5 Å². The van der Waals surface area contributed by atoms with Crippen molar-refractivity contribution in [2.45, 2.75) is 46.6 Å². The molecule has 1 rings (SSSR count). The van der Waals surface area contributed by atoms with Crippen molar-refractivity contribution in [3.8, 4) is 0 Å². The minimum Gasteiger partial charge on any atom is -0.367 e. The Kier molecular flexibility index (Phi) is 4.99. The van der Waals surface area contributed by atoms with Crippen LogP contribution in [0.25, 0.3) is 0 Å². The molecule has 0 bridgehead atoms. The molecule has 0 saturated heterocycles. The second kappa shape index (κ2) is 6.03. The minimum absolute atomic E-state index is 0.389. The molecule has 1 heterocycles. The monoisotopic (exact) mass is 242 g/mol. The Morgan fingerprint density at radius 1 is 1.31 bits per heavy atom. The molecule has 0 spiro atoms. The lowest BCUT2D eigenvalue weighted by Crippen LogP contribution is -2.37. The molecule has 0 aliphatic carbocycles. The predicted octanol–water partition coefficient (Wildman–Crippen LogP) is 2.77. The van der Waals surface area contributed by atoms with Crippen LogP contribution in [-0.4, -0.2) is 21.9 Å². The number of rotatable bonds is 6. The maximum absolute atomic E-state index is 5.59. The summed E-state index contributed by atoms with van der Waals surface area (Å²) in [5, 5.41) is 0.958. The molecule has 5 heteroatoms. The summed E-state index contributed by atoms with van der Waals surface area (Å²) < 4.78 is 4.06. The second-order valence-corrected chi connectivity index (χ2v) is 5.18. The van der Waals surface area contributed by atoms with Gasteiger partial charge in [0, 0.05) is 24.1 Å². The highest BCUT2D eigenvalue weighted by molar-refractivity contribution is 7.09. The summed E-state index contributed by atoms with van der Waals surface area (Å²) in [5.74, 6) is 1.01. The van der Waals surface area contributed by atoms with Gasteiger partial charge in [0.25, 0.3) is 0 Å². The maximum Gasteiger partial charge on any atom is 0.233 e. The highest BCUT2D eigenvalue weighted by Crippen LogP contribution is 2.24. The molecule has 0 radical (unpaired) electrons. The Hall–Kier alpha value is -0.840. The zero-order valence-electron chi connectivity index (χ0n) is 10.6. The molecule has 0 amide bonds. The summed E-state index contributed by atoms with van der Waals surface area (Å²) in [5.41, 5.74) is 5.59. The number of nitrogens with two attached hydrogens (primary N) is 1. The molecule has 0 atom stereocenters. The van der Waals surface area contributed by atoms with Crippen molar-refractivity contribution < 1.29 is 0 Å². The van der Waals surface area contributed by atoms with E-state index in [0.717, 1.165) is 24.5 Å². The Bertz CT molecular complexity index is 307. The van der Waals surface area contributed by atoms with E-state index in [1.54, 1.807) is 0 Å². The Balaban J connectivity index is 2.85. The van der Waals surface area contributed by atoms with Crippen molar-refractivity contribution in [2.75, 3.05) is 17.2 Å². The van der Waals surface area contributed by atoms with Crippen LogP contribution in [0.2, 0.25) is 0 Å². The van der Waals surface area contributed by atoms with E-state index in [4.69, 9.17) is 5.73 Å². The largest absolute Gasteiger partial charge is 0.367 e. The van der Waals surface area contributed by atoms with Crippen LogP contribution in [0.3, 0.4) is 0 Å². The fourth-order valence-corrected chi connectivity index (χ4v) is 2.53. The van der Waals surface area contributed by atoms with Gasteiger partial charge in [-0.25, -0.2) is 0 Å². The number of hydrogen-bond donors (Lipinski definition) is 1. The molecular formula is C11H22N4S. The zero-order valence-corrected chi connectivity index (χ0v) is 11.4. The van der Waals surface area contributed by atoms with Crippen LogP contribution < -0.4 is 10.6 Å². The normalized spacial score (nSPS) is 11.4. The van der Waals surface area contributed by atoms with Gasteiger partial charge in [-0.15, -0.1) is 0 Å². The quantitative estimate of drug-likeness (QED) is 0.833. The zero-order chi connectivity index (χ0) is 12.1. The number of aromatic nitrogens is 2. The summed E-state index contributed by atoms with van der Waals surface area (Å²) in [6, 6.07) is 0.537. The lowest BCUT2D eigenvalue weighted by molar-refractivity contribution is 0.507. The standard InChI is InChI=1S/C11H22N4S/c1-5-9(6-2)15(7-8(3)4)11-13-10(12)14-16-11/h8-9H,5-7H2,1-4H3,(H2,12,14). The lowest BCUT2D eigenvalue weighted by atomic mass is 10.1. The molecule has 0 aliphatic heterocycles. The van der Waals surface area contributed by atoms with Crippen LogP contribution in [0, 0.1) is 5.92 Å². The molecular weight excluding hydrogens is 220 g/mol. The molecule has 4 nitrogen and oxygen atoms in total. The summed E-state index contributed by atoms with van der Waals surface area (Å²) in [7, 11) is 0. The smallest absolute Gasteiger partial charge is 0.233 e. The average Bonchev–Trinajstić information content (AvgIpc) is 2.64. The third kappa shape index (κ3) is 3.33. The fourth-order valence-electron chi connectivity index (χ4n) is 1.85. The summed E-state index contributed by atoms with van der Waals surface area (Å²) in [4.78, 5) is 6.64. The fraction of sp³-hybridized carbons (Fsp3) is 0.818. The van der Waals surface area contributed by atoms with Gasteiger partial charge in [0.15, 0.2) is 0 Å². The van der Waals surface area contributed by atoms with E-state index in [9.17, 15) is 0 Å². The van der Waals surface area contributed by atoms with Gasteiger partial charge in [-0.3, -0.25) is 0 Å². The van der Waals surface area contributed by atoms with E-state index in [2.05, 4.69) is 42.0 Å². The molecule has 1 aromatic rings. The molecule has 2 N–H and O–H groups in total. The van der Waals surface area contributed by atoms with Gasteiger partial charge < -0.3 is 10.6 Å². The van der Waals surface area contributed by atoms with Crippen molar-refractivity contribution in [3.05, 3.63) is 0 Å². The molecule has 1 aromatic heterocycles. The first-order valence-corrected chi connectivity index (χ1v) is 6.71. The van der Waals surface area contributed by atoms with Crippen LogP contribution >= 0.6 is 11.5 Å². The van der Waals surface area contributed by atoms with Gasteiger partial charge in [0.1, 0.15) is 0 Å². The number of anilines is 2. The molecule has 16 heavy (non-hydrogen) atoms. The van der Waals surface area contributed by atoms with E-state index in [1.165, 1.54) is 11.5 Å². The second-order valence-electron chi connectivity index (χ2n) is 4.45. The summed E-state index contributed by atoms with van der Waals surface area (Å²) in [6.07, 6.45) is 2.26. The minimum atomic E-state index is 0.389. The summed E-state index contributed by atoms with van der Waals surface area (Å²) >= 11 is 1.40. The van der Waals surface area contributed by atoms with E-state index in [0.29, 0.717) is 17.9 Å². The van der Waals surface area contributed by atoms with Gasteiger partial charge in [-0.1, -0.05) is 27.7 Å². The third-order valence-corrected chi connectivity index (χ3v) is 3.39. The van der Waals surface area contributed by atoms with Crippen molar-refractivity contribution in [1.29, 1.82) is 0 Å². The van der Waals surface area contributed by atoms with E-state index in [1.807, 2.05) is 0 Å². The van der Waals surface area contributed by atoms with Crippen LogP contribution in [0.4, 0.5) is 11.1 Å². The van der Waals surface area contributed by atoms with Crippen molar-refractivity contribution >= 4 is 22.6 Å². The van der Waals surface area contributed by atoms with Gasteiger partial charge in [-0.2, -0.15) is 9.36 Å². The SMILES string of the molecule is CCC(CC)N(CC(C)C)c1nc(N)ns1. The molecule has 0 aliphatic rings. The first-order valence-electron chi connectivity index (χ1n) is 5.94. The molecule has 0 fully saturated rings. The van der Waals surface area contributed by atoms with Crippen LogP contribution in [-0.2, 0) is 0 Å². The molecule has 0 unspecified atom stereocenters. The van der Waals surface area contributed by atoms with Crippen molar-refractivity contribution in [2.24, 2.45) is 5.92 Å². The number of nitrogen functional groups attached to an aromatic ring is 1. The number of hydrogen-bond acceptors (Lipinski definition) is 5. The predicted molar refractivity (Wildman–Crippen MR) is 70.9 cm³/mol. The molecule has 0 aromatic carbocycles. The topological polar surface area (TPSA) is 55.0 Å². The highest BCUT2D eigenvalue weighted by atomic mass is 32.1. The molecule has 92 valence electrons. The maximum atomic E-state index is 5.59. The van der Waals surface area contributed by atoms with Gasteiger partial charge >= 0.3 is 0 Å². The van der Waals surface area contributed by atoms with Gasteiger partial charge in [0.2, 0.25) is 11.1 Å². The van der Waals surface area contributed by atoms with E-state index in [-0.39, 0.29) is 0 Å². The van der Waals surface area contributed by atoms with Crippen LogP contribution in [0.15, 0.2) is 0 Å². The van der Waals surface area contributed by atoms with Crippen molar-refractivity contribution in [1.82, 2.24) is 9.36 Å². The summed E-state index contributed by atoms with van der Waals surface area (Å²) in [6.45, 7) is 9.89. The first-order chi connectivity index (χ1) is 7.58. The van der Waals surface area contributed by atoms with E-state index < -0.39 is 0 Å². The third-order valence-electron chi connectivity index (χ3n) is 2.62. The van der Waals surface area contributed by atoms with Crippen LogP contribution in [0.5, 0.6) is 0 Å².